The Morgan fingerprint density at radius 3 is 1.30 bits per heavy atom. The molecule has 21 heteroatoms. The summed E-state index contributed by atoms with van der Waals surface area (Å²) < 4.78 is 1.79. The number of amides is 1. The molecule has 3 saturated heterocycles. The number of likely N-dealkylation sites (tertiary alicyclic amines) is 3. The third-order valence-electron chi connectivity index (χ3n) is 17.5. The number of nitrogens with one attached hydrogen (secondary N) is 4. The van der Waals surface area contributed by atoms with Gasteiger partial charge in [-0.05, 0) is 73.0 Å². The molecule has 1 amide bonds. The van der Waals surface area contributed by atoms with Crippen LogP contribution in [-0.4, -0.2) is 121 Å². The number of fused-ring (bicyclic) bond motifs is 1. The van der Waals surface area contributed by atoms with Crippen LogP contribution in [0.4, 0.5) is 0 Å². The van der Waals surface area contributed by atoms with Gasteiger partial charge in [-0.3, -0.25) is 38.7 Å². The number of aromatic nitrogens is 10. The average Bonchev–Trinajstić information content (AvgIpc) is 3.81. The highest BCUT2D eigenvalue weighted by Gasteiger charge is 2.36. The summed E-state index contributed by atoms with van der Waals surface area (Å²) in [6, 6.07) is 31.3. The topological polar surface area (TPSA) is 282 Å². The van der Waals surface area contributed by atoms with Gasteiger partial charge in [-0.1, -0.05) is 168 Å². The molecule has 3 aliphatic rings. The van der Waals surface area contributed by atoms with Gasteiger partial charge in [0.25, 0.3) is 16.7 Å². The first-order valence-corrected chi connectivity index (χ1v) is 31.4. The van der Waals surface area contributed by atoms with Crippen LogP contribution in [0, 0.1) is 29.6 Å². The number of rotatable bonds is 21. The number of carbonyl (C=O) groups is 2. The van der Waals surface area contributed by atoms with Crippen LogP contribution >= 0.6 is 0 Å². The lowest BCUT2D eigenvalue weighted by molar-refractivity contribution is -0.141. The van der Waals surface area contributed by atoms with Gasteiger partial charge in [0.15, 0.2) is 5.52 Å². The first-order chi connectivity index (χ1) is 42.0. The number of nitrogens with zero attached hydrogens (tertiary/aromatic N) is 10. The lowest BCUT2D eigenvalue weighted by Gasteiger charge is -2.16. The predicted octanol–water partition coefficient (Wildman–Crippen LogP) is 9.65. The van der Waals surface area contributed by atoms with Crippen molar-refractivity contribution >= 4 is 17.4 Å². The smallest absolute Gasteiger partial charge is 0.306 e. The highest BCUT2D eigenvalue weighted by atomic mass is 16.4. The van der Waals surface area contributed by atoms with E-state index in [0.29, 0.717) is 40.8 Å². The van der Waals surface area contributed by atoms with Gasteiger partial charge in [-0.15, -0.1) is 20.4 Å². The number of hydrogen-bond donors (Lipinski definition) is 6. The molecule has 4 aromatic heterocycles. The van der Waals surface area contributed by atoms with Crippen molar-refractivity contribution in [3.8, 4) is 0 Å². The Balaban J connectivity index is 0.000000228. The summed E-state index contributed by atoms with van der Waals surface area (Å²) in [5.41, 5.74) is 9.85. The van der Waals surface area contributed by atoms with Crippen LogP contribution in [0.15, 0.2) is 112 Å². The zero-order valence-electron chi connectivity index (χ0n) is 52.5. The van der Waals surface area contributed by atoms with Crippen LogP contribution < -0.4 is 27.7 Å². The molecule has 0 saturated carbocycles. The SMILES string of the molecule is C.C.CC1CN(Cc2ccccc2)CC1c1nnc(CN)c(=O)[nH]1.CCC(CC)C(=O)NCc1nnc(C2CN(Cc3ccccc3)CC2C)[nH]c1=O.CCC(CC)C(=O)O.CCC(CC)c1ncc2c(=O)[nH]c(C3CN(Cc4ccccc4)CC3C)nn12. The maximum atomic E-state index is 12.7. The fraction of sp³-hybridized carbons (Fsp3) is 0.544. The number of carboxylic acid groups (broad SMARTS) is 1. The summed E-state index contributed by atoms with van der Waals surface area (Å²) in [6.07, 6.45) is 6.68. The van der Waals surface area contributed by atoms with E-state index >= 15 is 0 Å². The summed E-state index contributed by atoms with van der Waals surface area (Å²) >= 11 is 0. The van der Waals surface area contributed by atoms with Gasteiger partial charge in [-0.2, -0.15) is 5.10 Å². The Labute approximate surface area is 526 Å². The normalized spacial score (nSPS) is 19.2. The Kier molecular flexibility index (Phi) is 28.8. The van der Waals surface area contributed by atoms with Gasteiger partial charge in [0, 0.05) is 95.0 Å². The largest absolute Gasteiger partial charge is 0.481 e. The van der Waals surface area contributed by atoms with Crippen molar-refractivity contribution in [3.05, 3.63) is 180 Å². The lowest BCUT2D eigenvalue weighted by Crippen LogP contribution is -2.33. The van der Waals surface area contributed by atoms with Crippen LogP contribution in [0.2, 0.25) is 0 Å². The van der Waals surface area contributed by atoms with E-state index in [4.69, 9.17) is 15.9 Å². The molecule has 3 aromatic carbocycles. The van der Waals surface area contributed by atoms with Crippen molar-refractivity contribution in [2.24, 2.45) is 35.3 Å². The van der Waals surface area contributed by atoms with E-state index in [0.717, 1.165) is 109 Å². The van der Waals surface area contributed by atoms with Crippen LogP contribution in [0.1, 0.15) is 191 Å². The van der Waals surface area contributed by atoms with Crippen molar-refractivity contribution in [1.29, 1.82) is 0 Å². The van der Waals surface area contributed by atoms with E-state index in [1.165, 1.54) is 16.7 Å². The number of benzene rings is 3. The van der Waals surface area contributed by atoms with Gasteiger partial charge in [-0.25, -0.2) is 9.50 Å². The molecule has 0 bridgehead atoms. The van der Waals surface area contributed by atoms with Gasteiger partial charge in [0.2, 0.25) is 5.91 Å². The number of hydrogen-bond acceptors (Lipinski definition) is 15. The first kappa shape index (κ1) is 72.2. The molecule has 0 spiro atoms. The van der Waals surface area contributed by atoms with E-state index in [2.05, 4.69) is 168 Å². The molecular weight excluding hydrogens is 1120 g/mol. The Morgan fingerprint density at radius 2 is 0.944 bits per heavy atom. The highest BCUT2D eigenvalue weighted by Crippen LogP contribution is 2.33. The number of nitrogens with two attached hydrogens (primary N) is 1. The number of carbonyl (C=O) groups excluding carboxylic acids is 1. The zero-order chi connectivity index (χ0) is 62.6. The van der Waals surface area contributed by atoms with Crippen LogP contribution in [-0.2, 0) is 42.3 Å². The molecule has 7 N–H and O–H groups in total. The second kappa shape index (κ2) is 35.6. The van der Waals surface area contributed by atoms with Crippen molar-refractivity contribution < 1.29 is 14.7 Å². The van der Waals surface area contributed by atoms with Gasteiger partial charge in [0.05, 0.1) is 18.7 Å². The maximum Gasteiger partial charge on any atom is 0.306 e. The van der Waals surface area contributed by atoms with E-state index in [-0.39, 0.29) is 91.5 Å². The Morgan fingerprint density at radius 1 is 0.551 bits per heavy atom. The molecule has 3 fully saturated rings. The second-order valence-electron chi connectivity index (χ2n) is 23.8. The number of H-pyrrole nitrogens is 3. The summed E-state index contributed by atoms with van der Waals surface area (Å²) in [5.74, 6) is 4.25. The quantitative estimate of drug-likeness (QED) is 0.0390. The van der Waals surface area contributed by atoms with Gasteiger partial charge < -0.3 is 31.1 Å². The average molecular weight is 1220 g/mol. The highest BCUT2D eigenvalue weighted by molar-refractivity contribution is 5.78. The Bertz CT molecular complexity index is 3420. The molecule has 10 rings (SSSR count). The molecule has 3 aliphatic heterocycles. The van der Waals surface area contributed by atoms with Crippen molar-refractivity contribution in [1.82, 2.24) is 70.0 Å². The van der Waals surface area contributed by atoms with E-state index in [1.807, 2.05) is 45.9 Å². The third kappa shape index (κ3) is 19.7. The van der Waals surface area contributed by atoms with E-state index in [1.54, 1.807) is 10.7 Å². The maximum absolute atomic E-state index is 12.7. The molecule has 7 heterocycles. The number of imidazole rings is 1. The monoisotopic (exact) mass is 1220 g/mol. The standard InChI is InChI=1S/C22H31N5O2.C22H29N5O.C16H21N5O.C6H12O2.2CH4/c1-4-17(5-2)21(28)23-11-19-22(29)24-20(26-25-19)18-14-27(12-15(18)3)13-16-9-7-6-8-10-16;1-4-17(5-2)21-23-11-19-22(28)24-20(25-27(19)21)18-14-26(12-15(18)3)13-16-9-7-6-8-10-16;1-11-8-21(9-12-5-3-2-4-6-12)10-13(11)15-18-16(22)14(7-17)19-20-15;1-3-5(4-2)6(7)8;;/h6-10,15,17-18H,4-5,11-14H2,1-3H3,(H,23,28)(H,24,26,29);6-11,15,17-18H,4-5,12-14H2,1-3H3,(H,24,25,28);2-6,11,13H,7-10,17H2,1H3,(H,18,20,22);5H,3-4H2,1-2H3,(H,7,8);2*1H4. The number of aromatic amines is 3. The molecule has 7 aromatic rings. The van der Waals surface area contributed by atoms with Gasteiger partial charge in [0.1, 0.15) is 34.7 Å². The minimum absolute atomic E-state index is 0. The number of aliphatic carboxylic acids is 1. The summed E-state index contributed by atoms with van der Waals surface area (Å²) in [7, 11) is 0. The zero-order valence-corrected chi connectivity index (χ0v) is 52.5. The molecule has 484 valence electrons. The van der Waals surface area contributed by atoms with Crippen LogP contribution in [0.5, 0.6) is 0 Å². The fourth-order valence-electron chi connectivity index (χ4n) is 12.2. The molecule has 89 heavy (non-hydrogen) atoms. The third-order valence-corrected chi connectivity index (χ3v) is 17.5. The molecule has 0 radical (unpaired) electrons. The molecule has 0 aliphatic carbocycles. The molecule has 21 nitrogen and oxygen atoms in total. The van der Waals surface area contributed by atoms with Gasteiger partial charge >= 0.3 is 5.97 Å². The fourth-order valence-corrected chi connectivity index (χ4v) is 12.2. The molecule has 6 unspecified atom stereocenters. The lowest BCUT2D eigenvalue weighted by atomic mass is 9.97. The van der Waals surface area contributed by atoms with Crippen LogP contribution in [0.3, 0.4) is 0 Å². The molecule has 6 atom stereocenters. The predicted molar refractivity (Wildman–Crippen MR) is 352 cm³/mol. The summed E-state index contributed by atoms with van der Waals surface area (Å²) in [6.45, 7) is 27.2. The minimum Gasteiger partial charge on any atom is -0.481 e. The van der Waals surface area contributed by atoms with E-state index < -0.39 is 5.97 Å². The van der Waals surface area contributed by atoms with Crippen molar-refractivity contribution in [2.45, 2.75) is 172 Å². The van der Waals surface area contributed by atoms with Crippen LogP contribution in [0.25, 0.3) is 5.52 Å². The van der Waals surface area contributed by atoms with E-state index in [9.17, 15) is 24.0 Å². The summed E-state index contributed by atoms with van der Waals surface area (Å²) in [4.78, 5) is 79.8. The first-order valence-electron chi connectivity index (χ1n) is 31.4. The minimum atomic E-state index is -0.671. The summed E-state index contributed by atoms with van der Waals surface area (Å²) in [5, 5.41) is 32.6. The van der Waals surface area contributed by atoms with Crippen molar-refractivity contribution in [2.75, 3.05) is 39.3 Å². The Hall–Kier alpha value is -7.59. The second-order valence-corrected chi connectivity index (χ2v) is 23.8. The van der Waals surface area contributed by atoms with Crippen molar-refractivity contribution in [3.63, 3.8) is 0 Å². The molecular formula is C68H101N15O6. The number of carboxylic acids is 1.